The number of hydrogen-bond acceptors (Lipinski definition) is 2. The highest BCUT2D eigenvalue weighted by Gasteiger charge is 2.29. The van der Waals surface area contributed by atoms with Gasteiger partial charge in [-0.1, -0.05) is 0 Å². The molecule has 1 fully saturated rings. The molecule has 0 spiro atoms. The van der Waals surface area contributed by atoms with Crippen molar-refractivity contribution in [2.45, 2.75) is 26.1 Å². The van der Waals surface area contributed by atoms with Gasteiger partial charge in [0.2, 0.25) is 0 Å². The number of nitrogens with zero attached hydrogens (tertiary/aromatic N) is 3. The van der Waals surface area contributed by atoms with Crippen LogP contribution in [0, 0.1) is 0 Å². The fraction of sp³-hybridized carbons (Fsp3) is 0.636. The summed E-state index contributed by atoms with van der Waals surface area (Å²) in [6, 6.07) is 0.0163. The number of halogens is 1. The predicted molar refractivity (Wildman–Crippen MR) is 58.0 cm³/mol. The topological polar surface area (TPSA) is 38.4 Å². The van der Waals surface area contributed by atoms with Gasteiger partial charge in [-0.15, -0.1) is 0 Å². The van der Waals surface area contributed by atoms with E-state index in [9.17, 15) is 4.79 Å². The van der Waals surface area contributed by atoms with Gasteiger partial charge < -0.3 is 28.7 Å². The summed E-state index contributed by atoms with van der Waals surface area (Å²) in [6.07, 6.45) is 5.61. The maximum absolute atomic E-state index is 12.1. The molecule has 17 heavy (non-hydrogen) atoms. The molecule has 0 N–H and O–H groups in total. The number of aryl methyl sites for hydroxylation is 1. The second-order valence-corrected chi connectivity index (χ2v) is 4.43. The molecule has 96 valence electrons. The van der Waals surface area contributed by atoms with E-state index >= 15 is 0 Å². The van der Waals surface area contributed by atoms with Crippen molar-refractivity contribution >= 4 is 6.03 Å². The molecule has 0 saturated carbocycles. The molecule has 1 amide bonds. The van der Waals surface area contributed by atoms with Crippen LogP contribution in [0.2, 0.25) is 0 Å². The monoisotopic (exact) mass is 351 g/mol. The Morgan fingerprint density at radius 3 is 2.41 bits per heavy atom. The molecule has 1 aromatic heterocycles. The summed E-state index contributed by atoms with van der Waals surface area (Å²) in [4.78, 5) is 14.0. The van der Waals surface area contributed by atoms with E-state index in [0.717, 1.165) is 0 Å². The van der Waals surface area contributed by atoms with Crippen molar-refractivity contribution in [3.63, 3.8) is 0 Å². The van der Waals surface area contributed by atoms with E-state index in [0.29, 0.717) is 13.1 Å². The number of rotatable bonds is 0. The average Bonchev–Trinajstić information content (AvgIpc) is 2.62. The van der Waals surface area contributed by atoms with E-state index in [1.807, 2.05) is 36.6 Å². The third-order valence-electron chi connectivity index (χ3n) is 2.68. The van der Waals surface area contributed by atoms with Gasteiger partial charge in [-0.05, 0) is 13.8 Å². The van der Waals surface area contributed by atoms with Crippen LogP contribution in [-0.2, 0) is 11.8 Å². The first-order valence-electron chi connectivity index (χ1n) is 5.54. The molecule has 5 nitrogen and oxygen atoms in total. The zero-order valence-corrected chi connectivity index (χ0v) is 12.5. The molecule has 0 bridgehead atoms. The molecule has 1 aliphatic rings. The minimum absolute atomic E-state index is 0. The Morgan fingerprint density at radius 2 is 1.94 bits per heavy atom. The van der Waals surface area contributed by atoms with Crippen molar-refractivity contribution in [3.05, 3.63) is 18.7 Å². The molecule has 1 aliphatic heterocycles. The van der Waals surface area contributed by atoms with E-state index in [1.54, 1.807) is 17.1 Å². The van der Waals surface area contributed by atoms with Crippen molar-refractivity contribution in [1.82, 2.24) is 9.47 Å². The lowest BCUT2D eigenvalue weighted by Crippen LogP contribution is -3.00. The van der Waals surface area contributed by atoms with Gasteiger partial charge in [-0.2, -0.15) is 4.57 Å². The molecule has 6 heteroatoms. The zero-order chi connectivity index (χ0) is 11.7. The van der Waals surface area contributed by atoms with Gasteiger partial charge in [-0.25, -0.2) is 9.36 Å². The minimum atomic E-state index is 0. The predicted octanol–water partition coefficient (Wildman–Crippen LogP) is -2.61. The quantitative estimate of drug-likeness (QED) is 0.380. The smallest absolute Gasteiger partial charge is 0.415 e. The van der Waals surface area contributed by atoms with E-state index in [4.69, 9.17) is 4.74 Å². The average molecular weight is 351 g/mol. The molecule has 1 saturated heterocycles. The highest BCUT2D eigenvalue weighted by atomic mass is 127. The Balaban J connectivity index is 0.00000144. The fourth-order valence-corrected chi connectivity index (χ4v) is 2.06. The van der Waals surface area contributed by atoms with Gasteiger partial charge >= 0.3 is 6.03 Å². The number of amides is 1. The third kappa shape index (κ3) is 3.41. The van der Waals surface area contributed by atoms with Crippen molar-refractivity contribution in [2.24, 2.45) is 7.05 Å². The molecule has 0 aromatic carbocycles. The van der Waals surface area contributed by atoms with Crippen LogP contribution < -0.4 is 28.5 Å². The number of carbonyl (C=O) groups is 1. The molecule has 0 radical (unpaired) electrons. The van der Waals surface area contributed by atoms with Crippen molar-refractivity contribution in [2.75, 3.05) is 13.1 Å². The summed E-state index contributed by atoms with van der Waals surface area (Å²) in [6.45, 7) is 5.30. The maximum Gasteiger partial charge on any atom is 0.415 e. The van der Waals surface area contributed by atoms with Gasteiger partial charge in [0.25, 0.3) is 6.33 Å². The van der Waals surface area contributed by atoms with E-state index in [2.05, 4.69) is 0 Å². The van der Waals surface area contributed by atoms with Crippen LogP contribution in [0.1, 0.15) is 13.8 Å². The summed E-state index contributed by atoms with van der Waals surface area (Å²) in [5.74, 6) is 0. The van der Waals surface area contributed by atoms with Crippen LogP contribution in [0.5, 0.6) is 0 Å². The maximum atomic E-state index is 12.1. The highest BCUT2D eigenvalue weighted by molar-refractivity contribution is 5.76. The number of imidazole rings is 1. The molecule has 0 aliphatic carbocycles. The van der Waals surface area contributed by atoms with Crippen LogP contribution in [-0.4, -0.2) is 40.8 Å². The molecule has 0 unspecified atom stereocenters. The van der Waals surface area contributed by atoms with Crippen molar-refractivity contribution < 1.29 is 38.1 Å². The van der Waals surface area contributed by atoms with E-state index in [1.165, 1.54) is 0 Å². The zero-order valence-electron chi connectivity index (χ0n) is 10.3. The Hall–Kier alpha value is -0.630. The lowest BCUT2D eigenvalue weighted by Gasteiger charge is -2.33. The Bertz CT molecular complexity index is 384. The molecule has 2 atom stereocenters. The van der Waals surface area contributed by atoms with Crippen LogP contribution in [0.25, 0.3) is 0 Å². The summed E-state index contributed by atoms with van der Waals surface area (Å²) in [5.41, 5.74) is 0. The normalized spacial score (nSPS) is 24.3. The molecule has 2 heterocycles. The number of hydrogen-bond donors (Lipinski definition) is 0. The summed E-state index contributed by atoms with van der Waals surface area (Å²) in [7, 11) is 1.90. The van der Waals surface area contributed by atoms with Crippen LogP contribution in [0.15, 0.2) is 18.7 Å². The lowest BCUT2D eigenvalue weighted by molar-refractivity contribution is -0.670. The van der Waals surface area contributed by atoms with E-state index < -0.39 is 0 Å². The van der Waals surface area contributed by atoms with E-state index in [-0.39, 0.29) is 42.2 Å². The second-order valence-electron chi connectivity index (χ2n) is 4.43. The summed E-state index contributed by atoms with van der Waals surface area (Å²) < 4.78 is 9.05. The highest BCUT2D eigenvalue weighted by Crippen LogP contribution is 2.11. The number of ether oxygens (including phenoxy) is 1. The SMILES string of the molecule is C[C@@H]1CN(C(=O)n2cc[n+](C)c2)C[C@@H](C)O1.[I-]. The fourth-order valence-electron chi connectivity index (χ4n) is 2.06. The first-order valence-corrected chi connectivity index (χ1v) is 5.54. The van der Waals surface area contributed by atoms with Crippen molar-refractivity contribution in [1.29, 1.82) is 0 Å². The standard InChI is InChI=1S/C11H18N3O2.HI/c1-9-6-14(7-10(2)16-9)11(15)13-5-4-12(3)8-13;/h4-5,8-10H,6-7H2,1-3H3;1H/q+1;/p-1/t9-,10-;/m1./s1. The van der Waals surface area contributed by atoms with Gasteiger partial charge in [0.1, 0.15) is 12.4 Å². The second kappa shape index (κ2) is 5.81. The minimum Gasteiger partial charge on any atom is -1.00 e. The first-order chi connectivity index (χ1) is 7.56. The Kier molecular flexibility index (Phi) is 4.93. The van der Waals surface area contributed by atoms with Gasteiger partial charge in [0, 0.05) is 0 Å². The van der Waals surface area contributed by atoms with Crippen molar-refractivity contribution in [3.8, 4) is 0 Å². The number of morpholine rings is 1. The molecule has 2 rings (SSSR count). The lowest BCUT2D eigenvalue weighted by atomic mass is 10.2. The van der Waals surface area contributed by atoms with Crippen LogP contribution >= 0.6 is 0 Å². The Labute approximate surface area is 118 Å². The molecular formula is C11H18IN3O2. The largest absolute Gasteiger partial charge is 1.00 e. The van der Waals surface area contributed by atoms with Gasteiger partial charge in [0.05, 0.1) is 32.3 Å². The molecule has 1 aromatic rings. The van der Waals surface area contributed by atoms with Crippen LogP contribution in [0.3, 0.4) is 0 Å². The van der Waals surface area contributed by atoms with Gasteiger partial charge in [-0.3, -0.25) is 4.90 Å². The summed E-state index contributed by atoms with van der Waals surface area (Å²) in [5, 5.41) is 0. The third-order valence-corrected chi connectivity index (χ3v) is 2.68. The van der Waals surface area contributed by atoms with Gasteiger partial charge in [0.15, 0.2) is 0 Å². The summed E-state index contributed by atoms with van der Waals surface area (Å²) >= 11 is 0. The molecular weight excluding hydrogens is 333 g/mol. The number of aromatic nitrogens is 2. The van der Waals surface area contributed by atoms with Crippen LogP contribution in [0.4, 0.5) is 4.79 Å². The first kappa shape index (κ1) is 14.4. The number of carbonyl (C=O) groups excluding carboxylic acids is 1. The Morgan fingerprint density at radius 1 is 1.35 bits per heavy atom.